The van der Waals surface area contributed by atoms with Crippen LogP contribution in [-0.2, 0) is 35.5 Å². The van der Waals surface area contributed by atoms with Crippen molar-refractivity contribution in [2.45, 2.75) is 45.2 Å². The van der Waals surface area contributed by atoms with Gasteiger partial charge in [-0.1, -0.05) is 6.07 Å². The molecule has 1 N–H and O–H groups in total. The van der Waals surface area contributed by atoms with Crippen LogP contribution in [0.2, 0.25) is 0 Å². The fraction of sp³-hybridized carbons (Fsp3) is 0.455. The minimum atomic E-state index is -0.125. The number of thiophene rings is 1. The summed E-state index contributed by atoms with van der Waals surface area (Å²) in [5.74, 6) is 0.393. The van der Waals surface area contributed by atoms with E-state index in [9.17, 15) is 9.59 Å². The Hall–Kier alpha value is -2.78. The van der Waals surface area contributed by atoms with Crippen molar-refractivity contribution in [2.75, 3.05) is 20.3 Å². The third-order valence-corrected chi connectivity index (χ3v) is 6.55. The van der Waals surface area contributed by atoms with Crippen molar-refractivity contribution in [2.24, 2.45) is 0 Å². The topological polar surface area (TPSA) is 95.3 Å². The molecule has 0 bridgehead atoms. The molecule has 164 valence electrons. The lowest BCUT2D eigenvalue weighted by atomic mass is 9.97. The summed E-state index contributed by atoms with van der Waals surface area (Å²) in [6, 6.07) is 3.62. The minimum absolute atomic E-state index is 0.0366. The summed E-state index contributed by atoms with van der Waals surface area (Å²) in [5, 5.41) is 3.62. The first-order valence-corrected chi connectivity index (χ1v) is 11.3. The zero-order chi connectivity index (χ0) is 21.6. The number of nitrogens with one attached hydrogen (secondary N) is 1. The Balaban J connectivity index is 1.31. The highest BCUT2D eigenvalue weighted by molar-refractivity contribution is 7.18. The number of aryl methyl sites for hydroxylation is 3. The van der Waals surface area contributed by atoms with Crippen LogP contribution in [0.3, 0.4) is 0 Å². The standard InChI is InChI=1S/C22H26N4O4S/c1-29-10-11-30-19-7-6-15(13-24-19)12-23-18(27)8-9-26-14-25-21-20(22(26)28)16-4-2-3-5-17(16)31-21/h6-7,13-14H,2-5,8-12H2,1H3,(H,23,27). The molecule has 0 fully saturated rings. The SMILES string of the molecule is COCCOc1ccc(CNC(=O)CCn2cnc3sc4c(c3c2=O)CCCC4)cn1. The van der Waals surface area contributed by atoms with Gasteiger partial charge in [0.2, 0.25) is 11.8 Å². The molecule has 0 saturated heterocycles. The van der Waals surface area contributed by atoms with Crippen molar-refractivity contribution in [3.8, 4) is 5.88 Å². The number of methoxy groups -OCH3 is 1. The zero-order valence-corrected chi connectivity index (χ0v) is 18.4. The van der Waals surface area contributed by atoms with Gasteiger partial charge in [0.25, 0.3) is 5.56 Å². The summed E-state index contributed by atoms with van der Waals surface area (Å²) in [4.78, 5) is 36.0. The number of hydrogen-bond acceptors (Lipinski definition) is 7. The molecule has 8 nitrogen and oxygen atoms in total. The van der Waals surface area contributed by atoms with Gasteiger partial charge in [0.1, 0.15) is 11.4 Å². The van der Waals surface area contributed by atoms with E-state index in [4.69, 9.17) is 9.47 Å². The Kier molecular flexibility index (Phi) is 6.93. The van der Waals surface area contributed by atoms with E-state index < -0.39 is 0 Å². The molecular weight excluding hydrogens is 416 g/mol. The Labute approximate surface area is 184 Å². The van der Waals surface area contributed by atoms with Gasteiger partial charge < -0.3 is 14.8 Å². The predicted molar refractivity (Wildman–Crippen MR) is 119 cm³/mol. The quantitative estimate of drug-likeness (QED) is 0.512. The normalized spacial score (nSPS) is 13.2. The number of carbonyl (C=O) groups is 1. The summed E-state index contributed by atoms with van der Waals surface area (Å²) in [7, 11) is 1.61. The molecule has 0 spiro atoms. The van der Waals surface area contributed by atoms with Crippen LogP contribution in [-0.4, -0.2) is 40.8 Å². The molecule has 3 aromatic rings. The number of nitrogens with zero attached hydrogens (tertiary/aromatic N) is 3. The van der Waals surface area contributed by atoms with E-state index in [1.165, 1.54) is 16.9 Å². The van der Waals surface area contributed by atoms with Crippen LogP contribution < -0.4 is 15.6 Å². The molecule has 0 unspecified atom stereocenters. The average Bonchev–Trinajstić information content (AvgIpc) is 3.17. The summed E-state index contributed by atoms with van der Waals surface area (Å²) >= 11 is 1.63. The first-order chi connectivity index (χ1) is 15.2. The van der Waals surface area contributed by atoms with Crippen molar-refractivity contribution in [1.29, 1.82) is 0 Å². The number of rotatable bonds is 9. The van der Waals surface area contributed by atoms with E-state index >= 15 is 0 Å². The lowest BCUT2D eigenvalue weighted by Gasteiger charge is -2.10. The molecule has 0 aromatic carbocycles. The van der Waals surface area contributed by atoms with E-state index in [0.717, 1.165) is 35.0 Å². The first kappa shape index (κ1) is 21.5. The van der Waals surface area contributed by atoms with Crippen LogP contribution in [0.25, 0.3) is 10.2 Å². The van der Waals surface area contributed by atoms with Crippen LogP contribution in [0.15, 0.2) is 29.5 Å². The van der Waals surface area contributed by atoms with Crippen LogP contribution >= 0.6 is 11.3 Å². The van der Waals surface area contributed by atoms with Crippen LogP contribution in [0.1, 0.15) is 35.3 Å². The molecule has 31 heavy (non-hydrogen) atoms. The highest BCUT2D eigenvalue weighted by Gasteiger charge is 2.20. The molecule has 3 aromatic heterocycles. The Morgan fingerprint density at radius 1 is 1.23 bits per heavy atom. The van der Waals surface area contributed by atoms with E-state index in [0.29, 0.717) is 32.2 Å². The van der Waals surface area contributed by atoms with Gasteiger partial charge >= 0.3 is 0 Å². The number of amides is 1. The molecular formula is C22H26N4O4S. The lowest BCUT2D eigenvalue weighted by molar-refractivity contribution is -0.121. The Morgan fingerprint density at radius 3 is 2.90 bits per heavy atom. The highest BCUT2D eigenvalue weighted by atomic mass is 32.1. The van der Waals surface area contributed by atoms with Crippen LogP contribution in [0, 0.1) is 0 Å². The molecule has 0 saturated carbocycles. The number of pyridine rings is 1. The van der Waals surface area contributed by atoms with E-state index in [-0.39, 0.29) is 17.9 Å². The zero-order valence-electron chi connectivity index (χ0n) is 17.6. The number of carbonyl (C=O) groups excluding carboxylic acids is 1. The molecule has 1 aliphatic rings. The molecule has 0 radical (unpaired) electrons. The van der Waals surface area contributed by atoms with Gasteiger partial charge in [0, 0.05) is 43.8 Å². The van der Waals surface area contributed by atoms with Crippen LogP contribution in [0.5, 0.6) is 5.88 Å². The summed E-state index contributed by atoms with van der Waals surface area (Å²) in [5.41, 5.74) is 2.01. The third-order valence-electron chi connectivity index (χ3n) is 5.35. The van der Waals surface area contributed by atoms with Gasteiger partial charge in [-0.15, -0.1) is 11.3 Å². The number of fused-ring (bicyclic) bond motifs is 3. The number of aromatic nitrogens is 3. The number of hydrogen-bond donors (Lipinski definition) is 1. The maximum Gasteiger partial charge on any atom is 0.262 e. The summed E-state index contributed by atoms with van der Waals surface area (Å²) in [6.45, 7) is 1.62. The van der Waals surface area contributed by atoms with Gasteiger partial charge in [-0.3, -0.25) is 14.2 Å². The minimum Gasteiger partial charge on any atom is -0.475 e. The van der Waals surface area contributed by atoms with Crippen molar-refractivity contribution in [3.63, 3.8) is 0 Å². The molecule has 1 amide bonds. The van der Waals surface area contributed by atoms with E-state index in [1.54, 1.807) is 41.6 Å². The molecule has 9 heteroatoms. The Morgan fingerprint density at radius 2 is 2.10 bits per heavy atom. The van der Waals surface area contributed by atoms with Crippen molar-refractivity contribution < 1.29 is 14.3 Å². The molecule has 0 atom stereocenters. The maximum absolute atomic E-state index is 12.9. The van der Waals surface area contributed by atoms with Crippen molar-refractivity contribution in [3.05, 3.63) is 51.0 Å². The van der Waals surface area contributed by atoms with E-state index in [2.05, 4.69) is 15.3 Å². The summed E-state index contributed by atoms with van der Waals surface area (Å²) < 4.78 is 11.9. The van der Waals surface area contributed by atoms with Gasteiger partial charge in [-0.25, -0.2) is 9.97 Å². The second-order valence-electron chi connectivity index (χ2n) is 7.51. The van der Waals surface area contributed by atoms with Crippen molar-refractivity contribution in [1.82, 2.24) is 19.9 Å². The summed E-state index contributed by atoms with van der Waals surface area (Å²) in [6.07, 6.45) is 7.72. The van der Waals surface area contributed by atoms with Crippen molar-refractivity contribution >= 4 is 27.5 Å². The first-order valence-electron chi connectivity index (χ1n) is 10.5. The van der Waals surface area contributed by atoms with Gasteiger partial charge in [-0.05, 0) is 36.8 Å². The average molecular weight is 443 g/mol. The largest absolute Gasteiger partial charge is 0.475 e. The molecule has 1 aliphatic carbocycles. The number of ether oxygens (including phenoxy) is 2. The van der Waals surface area contributed by atoms with Gasteiger partial charge in [0.05, 0.1) is 18.3 Å². The van der Waals surface area contributed by atoms with Gasteiger partial charge in [-0.2, -0.15) is 0 Å². The molecule has 4 rings (SSSR count). The second-order valence-corrected chi connectivity index (χ2v) is 8.59. The monoisotopic (exact) mass is 442 g/mol. The molecule has 3 heterocycles. The predicted octanol–water partition coefficient (Wildman–Crippen LogP) is 2.46. The third kappa shape index (κ3) is 5.11. The van der Waals surface area contributed by atoms with Crippen LogP contribution in [0.4, 0.5) is 0 Å². The van der Waals surface area contributed by atoms with Gasteiger partial charge in [0.15, 0.2) is 0 Å². The molecule has 0 aliphatic heterocycles. The van der Waals surface area contributed by atoms with E-state index in [1.807, 2.05) is 6.07 Å². The Bertz CT molecular complexity index is 1110. The second kappa shape index (κ2) is 10.0. The lowest BCUT2D eigenvalue weighted by Crippen LogP contribution is -2.27. The maximum atomic E-state index is 12.9. The fourth-order valence-corrected chi connectivity index (χ4v) is 4.90. The highest BCUT2D eigenvalue weighted by Crippen LogP contribution is 2.33. The fourth-order valence-electron chi connectivity index (χ4n) is 3.68. The smallest absolute Gasteiger partial charge is 0.262 e.